The van der Waals surface area contributed by atoms with E-state index in [1.54, 1.807) is 0 Å². The van der Waals surface area contributed by atoms with Gasteiger partial charge in [0.15, 0.2) is 0 Å². The number of amides is 2. The van der Waals surface area contributed by atoms with E-state index in [0.717, 1.165) is 13.0 Å². The van der Waals surface area contributed by atoms with Crippen molar-refractivity contribution in [3.8, 4) is 0 Å². The van der Waals surface area contributed by atoms with Crippen molar-refractivity contribution < 1.29 is 14.7 Å². The van der Waals surface area contributed by atoms with Crippen molar-refractivity contribution in [3.63, 3.8) is 0 Å². The molecule has 0 aliphatic rings. The Morgan fingerprint density at radius 2 is 1.78 bits per heavy atom. The summed E-state index contributed by atoms with van der Waals surface area (Å²) in [6.07, 6.45) is 0.866. The Hall–Kier alpha value is -1.30. The van der Waals surface area contributed by atoms with E-state index in [1.807, 2.05) is 19.0 Å². The number of nitrogens with one attached hydrogen (secondary N) is 1. The highest BCUT2D eigenvalue weighted by Crippen LogP contribution is 2.06. The highest BCUT2D eigenvalue weighted by molar-refractivity contribution is 5.79. The van der Waals surface area contributed by atoms with Crippen LogP contribution < -0.4 is 5.32 Å². The molecule has 0 aromatic carbocycles. The van der Waals surface area contributed by atoms with Crippen molar-refractivity contribution in [1.82, 2.24) is 15.1 Å². The highest BCUT2D eigenvalue weighted by Gasteiger charge is 2.18. The van der Waals surface area contributed by atoms with Gasteiger partial charge in [-0.1, -0.05) is 13.8 Å². The van der Waals surface area contributed by atoms with Gasteiger partial charge in [0, 0.05) is 19.6 Å². The van der Waals surface area contributed by atoms with Crippen molar-refractivity contribution in [2.75, 3.05) is 34.2 Å². The van der Waals surface area contributed by atoms with Gasteiger partial charge in [-0.05, 0) is 26.4 Å². The number of urea groups is 1. The molecule has 0 bridgehead atoms. The number of hydrogen-bond acceptors (Lipinski definition) is 3. The summed E-state index contributed by atoms with van der Waals surface area (Å²) in [5, 5.41) is 11.5. The molecule has 0 aliphatic carbocycles. The quantitative estimate of drug-likeness (QED) is 0.705. The zero-order chi connectivity index (χ0) is 14.3. The van der Waals surface area contributed by atoms with Gasteiger partial charge in [-0.15, -0.1) is 0 Å². The van der Waals surface area contributed by atoms with Crippen LogP contribution in [-0.2, 0) is 4.79 Å². The van der Waals surface area contributed by atoms with E-state index in [0.29, 0.717) is 5.92 Å². The Morgan fingerprint density at radius 1 is 1.22 bits per heavy atom. The van der Waals surface area contributed by atoms with Gasteiger partial charge in [0.1, 0.15) is 6.54 Å². The van der Waals surface area contributed by atoms with Crippen molar-refractivity contribution in [1.29, 1.82) is 0 Å². The Morgan fingerprint density at radius 3 is 2.17 bits per heavy atom. The van der Waals surface area contributed by atoms with E-state index in [2.05, 4.69) is 19.2 Å². The average Bonchev–Trinajstić information content (AvgIpc) is 2.13. The molecule has 0 heterocycles. The monoisotopic (exact) mass is 259 g/mol. The number of hydrogen-bond donors (Lipinski definition) is 2. The smallest absolute Gasteiger partial charge is 0.323 e. The Balaban J connectivity index is 4.37. The molecule has 2 amide bonds. The first-order chi connectivity index (χ1) is 8.22. The third kappa shape index (κ3) is 7.89. The molecular formula is C12H25N3O3. The summed E-state index contributed by atoms with van der Waals surface area (Å²) in [5.41, 5.74) is 0. The number of nitrogens with zero attached hydrogens (tertiary/aromatic N) is 2. The van der Waals surface area contributed by atoms with Gasteiger partial charge in [0.2, 0.25) is 0 Å². The summed E-state index contributed by atoms with van der Waals surface area (Å²) in [6.45, 7) is 4.64. The molecule has 0 aromatic heterocycles. The molecule has 0 saturated carbocycles. The Kier molecular flexibility index (Phi) is 7.35. The van der Waals surface area contributed by atoms with Crippen LogP contribution in [0.1, 0.15) is 20.3 Å². The minimum atomic E-state index is -1.01. The van der Waals surface area contributed by atoms with Crippen LogP contribution in [-0.4, -0.2) is 67.2 Å². The molecule has 0 rings (SSSR count). The maximum Gasteiger partial charge on any atom is 0.323 e. The second-order valence-electron chi connectivity index (χ2n) is 5.29. The lowest BCUT2D eigenvalue weighted by Crippen LogP contribution is -2.48. The van der Waals surface area contributed by atoms with Crippen LogP contribution in [0.25, 0.3) is 0 Å². The topological polar surface area (TPSA) is 72.9 Å². The molecule has 1 unspecified atom stereocenters. The van der Waals surface area contributed by atoms with Gasteiger partial charge in [-0.3, -0.25) is 4.79 Å². The zero-order valence-corrected chi connectivity index (χ0v) is 11.9. The van der Waals surface area contributed by atoms with Crippen LogP contribution in [0.3, 0.4) is 0 Å². The maximum absolute atomic E-state index is 11.8. The summed E-state index contributed by atoms with van der Waals surface area (Å²) in [5.74, 6) is -0.541. The van der Waals surface area contributed by atoms with Crippen molar-refractivity contribution in [3.05, 3.63) is 0 Å². The van der Waals surface area contributed by atoms with Gasteiger partial charge in [-0.25, -0.2) is 4.79 Å². The van der Waals surface area contributed by atoms with Crippen LogP contribution >= 0.6 is 0 Å². The van der Waals surface area contributed by atoms with Crippen LogP contribution in [0.5, 0.6) is 0 Å². The van der Waals surface area contributed by atoms with E-state index >= 15 is 0 Å². The summed E-state index contributed by atoms with van der Waals surface area (Å²) >= 11 is 0. The van der Waals surface area contributed by atoms with Crippen LogP contribution in [0, 0.1) is 5.92 Å². The minimum Gasteiger partial charge on any atom is -0.480 e. The lowest BCUT2D eigenvalue weighted by Gasteiger charge is -2.26. The number of carbonyl (C=O) groups excluding carboxylic acids is 1. The first-order valence-electron chi connectivity index (χ1n) is 6.10. The first-order valence-corrected chi connectivity index (χ1v) is 6.10. The third-order valence-corrected chi connectivity index (χ3v) is 2.39. The van der Waals surface area contributed by atoms with Crippen LogP contribution in [0.2, 0.25) is 0 Å². The van der Waals surface area contributed by atoms with E-state index in [9.17, 15) is 9.59 Å². The molecule has 6 heteroatoms. The molecule has 0 saturated heterocycles. The molecular weight excluding hydrogens is 234 g/mol. The summed E-state index contributed by atoms with van der Waals surface area (Å²) in [4.78, 5) is 25.5. The molecule has 0 spiro atoms. The minimum absolute atomic E-state index is 0.0312. The zero-order valence-electron chi connectivity index (χ0n) is 11.9. The molecule has 0 aliphatic heterocycles. The van der Waals surface area contributed by atoms with E-state index < -0.39 is 5.97 Å². The maximum atomic E-state index is 11.8. The van der Waals surface area contributed by atoms with E-state index in [1.165, 1.54) is 11.9 Å². The normalized spacial score (nSPS) is 12.6. The molecule has 0 fully saturated rings. The number of carboxylic acids is 1. The predicted octanol–water partition coefficient (Wildman–Crippen LogP) is 0.689. The summed E-state index contributed by atoms with van der Waals surface area (Å²) < 4.78 is 0. The fraction of sp³-hybridized carbons (Fsp3) is 0.833. The Bertz CT molecular complexity index is 270. The molecule has 6 nitrogen and oxygen atoms in total. The standard InChI is InChI=1S/C12H25N3O3/c1-9(2)6-10(7-14(3)4)13-12(18)15(5)8-11(16)17/h9-10H,6-8H2,1-5H3,(H,13,18)(H,16,17). The van der Waals surface area contributed by atoms with Crippen molar-refractivity contribution in [2.45, 2.75) is 26.3 Å². The second kappa shape index (κ2) is 7.92. The molecule has 0 aromatic rings. The van der Waals surface area contributed by atoms with Gasteiger partial charge < -0.3 is 20.2 Å². The molecule has 0 radical (unpaired) electrons. The average molecular weight is 259 g/mol. The highest BCUT2D eigenvalue weighted by atomic mass is 16.4. The number of carboxylic acid groups (broad SMARTS) is 1. The number of likely N-dealkylation sites (N-methyl/N-ethyl adjacent to an activating group) is 2. The second-order valence-corrected chi connectivity index (χ2v) is 5.29. The number of aliphatic carboxylic acids is 1. The van der Waals surface area contributed by atoms with Gasteiger partial charge in [0.25, 0.3) is 0 Å². The lowest BCUT2D eigenvalue weighted by molar-refractivity contribution is -0.137. The third-order valence-electron chi connectivity index (χ3n) is 2.39. The Labute approximate surface area is 109 Å². The van der Waals surface area contributed by atoms with Gasteiger partial charge in [0.05, 0.1) is 0 Å². The van der Waals surface area contributed by atoms with Crippen LogP contribution in [0.4, 0.5) is 4.79 Å². The molecule has 106 valence electrons. The van der Waals surface area contributed by atoms with Gasteiger partial charge in [-0.2, -0.15) is 0 Å². The fourth-order valence-corrected chi connectivity index (χ4v) is 1.75. The molecule has 18 heavy (non-hydrogen) atoms. The fourth-order valence-electron chi connectivity index (χ4n) is 1.75. The molecule has 1 atom stereocenters. The number of rotatable bonds is 7. The predicted molar refractivity (Wildman–Crippen MR) is 70.6 cm³/mol. The largest absolute Gasteiger partial charge is 0.480 e. The van der Waals surface area contributed by atoms with E-state index in [-0.39, 0.29) is 18.6 Å². The van der Waals surface area contributed by atoms with Crippen LogP contribution in [0.15, 0.2) is 0 Å². The van der Waals surface area contributed by atoms with Gasteiger partial charge >= 0.3 is 12.0 Å². The first kappa shape index (κ1) is 16.7. The van der Waals surface area contributed by atoms with Crippen molar-refractivity contribution >= 4 is 12.0 Å². The lowest BCUT2D eigenvalue weighted by atomic mass is 10.0. The van der Waals surface area contributed by atoms with E-state index in [4.69, 9.17) is 5.11 Å². The number of carbonyl (C=O) groups is 2. The summed E-state index contributed by atoms with van der Waals surface area (Å²) in [7, 11) is 5.37. The summed E-state index contributed by atoms with van der Waals surface area (Å²) in [6, 6.07) is -0.311. The molecule has 2 N–H and O–H groups in total. The van der Waals surface area contributed by atoms with Crippen molar-refractivity contribution in [2.24, 2.45) is 5.92 Å². The SMILES string of the molecule is CC(C)CC(CN(C)C)NC(=O)N(C)CC(=O)O.